The summed E-state index contributed by atoms with van der Waals surface area (Å²) in [5.41, 5.74) is 4.58. The lowest BCUT2D eigenvalue weighted by Crippen LogP contribution is -2.36. The number of aromatic nitrogens is 2. The summed E-state index contributed by atoms with van der Waals surface area (Å²) in [5, 5.41) is 30.9. The van der Waals surface area contributed by atoms with Crippen LogP contribution < -0.4 is 11.4 Å². The van der Waals surface area contributed by atoms with Crippen molar-refractivity contribution in [2.24, 2.45) is 5.92 Å². The highest BCUT2D eigenvalue weighted by atomic mass is 31.3. The van der Waals surface area contributed by atoms with Crippen LogP contribution in [0.25, 0.3) is 0 Å². The Labute approximate surface area is 428 Å². The van der Waals surface area contributed by atoms with Crippen molar-refractivity contribution in [2.75, 3.05) is 25.6 Å². The molecule has 1 fully saturated rings. The molecule has 0 bridgehead atoms. The van der Waals surface area contributed by atoms with E-state index in [0.717, 1.165) is 80.9 Å². The molecule has 414 valence electrons. The van der Waals surface area contributed by atoms with Crippen LogP contribution in [-0.4, -0.2) is 96.9 Å². The number of ether oxygens (including phenoxy) is 3. The highest BCUT2D eigenvalue weighted by Gasteiger charge is 2.46. The van der Waals surface area contributed by atoms with E-state index in [-0.39, 0.29) is 18.7 Å². The van der Waals surface area contributed by atoms with Gasteiger partial charge in [0.15, 0.2) is 12.3 Å². The van der Waals surface area contributed by atoms with Gasteiger partial charge in [-0.1, -0.05) is 173 Å². The van der Waals surface area contributed by atoms with Gasteiger partial charge in [-0.05, 0) is 50.5 Å². The normalized spacial score (nSPS) is 20.2. The maximum absolute atomic E-state index is 12.9. The number of phosphoric ester groups is 2. The van der Waals surface area contributed by atoms with Gasteiger partial charge in [-0.3, -0.25) is 23.2 Å². The summed E-state index contributed by atoms with van der Waals surface area (Å²) in [5.74, 6) is -0.504. The summed E-state index contributed by atoms with van der Waals surface area (Å²) in [6, 6.07) is 1.24. The molecule has 0 amide bonds. The first-order chi connectivity index (χ1) is 34.5. The summed E-state index contributed by atoms with van der Waals surface area (Å²) < 4.78 is 56.8. The van der Waals surface area contributed by atoms with Crippen LogP contribution in [0.5, 0.6) is 0 Å². The van der Waals surface area contributed by atoms with Crippen LogP contribution in [0.4, 0.5) is 5.82 Å². The molecule has 1 saturated heterocycles. The standard InChI is InChI=1S/C51H89N3O16P2/c1-4-6-26-32-42(55)33-28-23-19-15-13-17-21-25-30-35-47(57)68-43(38-65-46(56)34-29-24-20-16-12-10-8-7-9-11-14-18-22-27-31-41(3)5-2)39-66-71(61,62)70-72(63,64)67-40-44-48(58)49(59)50(69-44)54-37-36-45(52)53-51(54)60/h6,19,23,26,28,33,36-37,41-44,48-50,55,58-59H,4-5,7-18,20-22,24-25,27,29-32,34-35,38-40H2,1-3H3,(H,61,62)(H,63,64)(H2,52,53,60)/b23-19+,26-6+,33-28+/t41?,42?,43-,44-,48-,49-,50-/m1/s1. The maximum atomic E-state index is 12.9. The predicted octanol–water partition coefficient (Wildman–Crippen LogP) is 10.00. The molecule has 2 rings (SSSR count). The Morgan fingerprint density at radius 2 is 1.35 bits per heavy atom. The highest BCUT2D eigenvalue weighted by Crippen LogP contribution is 2.60. The number of nitrogens with two attached hydrogens (primary N) is 1. The van der Waals surface area contributed by atoms with E-state index >= 15 is 0 Å². The van der Waals surface area contributed by atoms with Crippen molar-refractivity contribution < 1.29 is 71.4 Å². The van der Waals surface area contributed by atoms with Gasteiger partial charge in [0.2, 0.25) is 0 Å². The average Bonchev–Trinajstić information content (AvgIpc) is 3.61. The number of rotatable bonds is 43. The Morgan fingerprint density at radius 1 is 0.778 bits per heavy atom. The average molecular weight is 1060 g/mol. The number of esters is 2. The number of aliphatic hydroxyl groups is 3. The lowest BCUT2D eigenvalue weighted by molar-refractivity contribution is -0.161. The molecular formula is C51H89N3O16P2. The Morgan fingerprint density at radius 3 is 1.94 bits per heavy atom. The predicted molar refractivity (Wildman–Crippen MR) is 276 cm³/mol. The maximum Gasteiger partial charge on any atom is 0.481 e. The Kier molecular flexibility index (Phi) is 34.8. The molecule has 1 aromatic heterocycles. The third kappa shape index (κ3) is 31.0. The number of hydrogen-bond donors (Lipinski definition) is 6. The molecule has 0 aromatic carbocycles. The van der Waals surface area contributed by atoms with Crippen molar-refractivity contribution in [1.29, 1.82) is 0 Å². The molecule has 72 heavy (non-hydrogen) atoms. The molecule has 19 nitrogen and oxygen atoms in total. The second-order valence-corrected chi connectivity index (χ2v) is 21.8. The Hall–Kier alpha value is -3.06. The zero-order chi connectivity index (χ0) is 53.0. The van der Waals surface area contributed by atoms with E-state index in [1.165, 1.54) is 76.7 Å². The largest absolute Gasteiger partial charge is 0.481 e. The number of carbonyl (C=O) groups is 2. The highest BCUT2D eigenvalue weighted by molar-refractivity contribution is 7.61. The number of allylic oxidation sites excluding steroid dienone is 4. The first-order valence-corrected chi connectivity index (χ1v) is 29.5. The van der Waals surface area contributed by atoms with E-state index in [1.54, 1.807) is 6.08 Å². The summed E-state index contributed by atoms with van der Waals surface area (Å²) in [7, 11) is -10.9. The third-order valence-electron chi connectivity index (χ3n) is 12.4. The molecule has 7 N–H and O–H groups in total. The molecule has 9 atom stereocenters. The van der Waals surface area contributed by atoms with Gasteiger partial charge in [-0.25, -0.2) is 13.9 Å². The lowest BCUT2D eigenvalue weighted by atomic mass is 9.99. The van der Waals surface area contributed by atoms with Crippen LogP contribution >= 0.6 is 15.6 Å². The Balaban J connectivity index is 1.79. The molecule has 1 aromatic rings. The molecular weight excluding hydrogens is 973 g/mol. The zero-order valence-electron chi connectivity index (χ0n) is 43.3. The molecule has 1 aliphatic rings. The van der Waals surface area contributed by atoms with Crippen LogP contribution in [0.2, 0.25) is 0 Å². The Bertz CT molecular complexity index is 1880. The van der Waals surface area contributed by atoms with Crippen molar-refractivity contribution in [3.05, 3.63) is 59.2 Å². The number of aliphatic hydroxyl groups excluding tert-OH is 3. The van der Waals surface area contributed by atoms with E-state index < -0.39 is 89.8 Å². The molecule has 4 unspecified atom stereocenters. The van der Waals surface area contributed by atoms with E-state index in [1.807, 2.05) is 37.3 Å². The van der Waals surface area contributed by atoms with Gasteiger partial charge >= 0.3 is 33.3 Å². The number of phosphoric acid groups is 2. The van der Waals surface area contributed by atoms with Gasteiger partial charge in [0.1, 0.15) is 30.7 Å². The molecule has 0 aliphatic carbocycles. The number of nitrogen functional groups attached to an aromatic ring is 1. The lowest BCUT2D eigenvalue weighted by Gasteiger charge is -2.21. The van der Waals surface area contributed by atoms with Crippen LogP contribution in [0.15, 0.2) is 53.5 Å². The summed E-state index contributed by atoms with van der Waals surface area (Å²) in [6.07, 6.45) is 29.8. The van der Waals surface area contributed by atoms with E-state index in [4.69, 9.17) is 29.0 Å². The first-order valence-electron chi connectivity index (χ1n) is 26.5. The molecule has 0 saturated carbocycles. The van der Waals surface area contributed by atoms with Gasteiger partial charge in [0, 0.05) is 19.0 Å². The number of nitrogens with zero attached hydrogens (tertiary/aromatic N) is 2. The summed E-state index contributed by atoms with van der Waals surface area (Å²) in [6.45, 7) is 4.29. The van der Waals surface area contributed by atoms with Gasteiger partial charge in [-0.15, -0.1) is 0 Å². The topological polar surface area (TPSA) is 286 Å². The monoisotopic (exact) mass is 1060 g/mol. The van der Waals surface area contributed by atoms with Gasteiger partial charge in [0.05, 0.1) is 19.3 Å². The first kappa shape index (κ1) is 65.1. The van der Waals surface area contributed by atoms with Crippen molar-refractivity contribution in [3.8, 4) is 0 Å². The quantitative estimate of drug-likeness (QED) is 0.0117. The second kappa shape index (κ2) is 38.5. The number of unbranched alkanes of at least 4 members (excludes halogenated alkanes) is 18. The van der Waals surface area contributed by atoms with Crippen LogP contribution in [0, 0.1) is 5.92 Å². The van der Waals surface area contributed by atoms with Crippen LogP contribution in [0.3, 0.4) is 0 Å². The van der Waals surface area contributed by atoms with Gasteiger partial charge in [-0.2, -0.15) is 9.29 Å². The minimum absolute atomic E-state index is 0.00470. The van der Waals surface area contributed by atoms with Gasteiger partial charge < -0.3 is 45.1 Å². The van der Waals surface area contributed by atoms with Crippen molar-refractivity contribution in [2.45, 2.75) is 224 Å². The minimum Gasteiger partial charge on any atom is -0.462 e. The smallest absolute Gasteiger partial charge is 0.462 e. The fourth-order valence-electron chi connectivity index (χ4n) is 7.86. The zero-order valence-corrected chi connectivity index (χ0v) is 45.0. The fourth-order valence-corrected chi connectivity index (χ4v) is 9.97. The van der Waals surface area contributed by atoms with E-state index in [0.29, 0.717) is 19.3 Å². The van der Waals surface area contributed by atoms with Crippen molar-refractivity contribution in [3.63, 3.8) is 0 Å². The molecule has 0 radical (unpaired) electrons. The van der Waals surface area contributed by atoms with E-state index in [9.17, 15) is 48.6 Å². The summed E-state index contributed by atoms with van der Waals surface area (Å²) >= 11 is 0. The van der Waals surface area contributed by atoms with Crippen LogP contribution in [-0.2, 0) is 46.3 Å². The summed E-state index contributed by atoms with van der Waals surface area (Å²) in [4.78, 5) is 62.0. The van der Waals surface area contributed by atoms with Crippen molar-refractivity contribution >= 4 is 33.4 Å². The van der Waals surface area contributed by atoms with E-state index in [2.05, 4.69) is 23.1 Å². The SMILES string of the molecule is CC/C=C/CC(O)/C=C/C=C/CCCCCCCC(=O)O[C@H](COC(=O)CCCCCCCCCCCCCCCCC(C)CC)COP(=O)(O)OP(=O)(O)OC[C@H]1O[C@@H](n2ccc(N)nc2=O)[C@H](O)[C@@H]1O. The second-order valence-electron chi connectivity index (χ2n) is 18.8. The number of hydrogen-bond acceptors (Lipinski definition) is 16. The van der Waals surface area contributed by atoms with Gasteiger partial charge in [0.25, 0.3) is 0 Å². The number of anilines is 1. The molecule has 2 heterocycles. The molecule has 21 heteroatoms. The minimum atomic E-state index is -5.44. The van der Waals surface area contributed by atoms with Crippen LogP contribution in [0.1, 0.15) is 194 Å². The van der Waals surface area contributed by atoms with Crippen molar-refractivity contribution in [1.82, 2.24) is 9.55 Å². The third-order valence-corrected chi connectivity index (χ3v) is 15.0. The fraction of sp³-hybridized carbons (Fsp3) is 0.765. The number of carbonyl (C=O) groups excluding carboxylic acids is 2. The molecule has 1 aliphatic heterocycles. The molecule has 0 spiro atoms.